The van der Waals surface area contributed by atoms with Gasteiger partial charge in [-0.15, -0.1) is 0 Å². The number of piperidine rings is 1. The van der Waals surface area contributed by atoms with E-state index >= 15 is 0 Å². The van der Waals surface area contributed by atoms with E-state index in [1.807, 2.05) is 4.90 Å². The average Bonchev–Trinajstić information content (AvgIpc) is 2.76. The summed E-state index contributed by atoms with van der Waals surface area (Å²) >= 11 is 1.21. The van der Waals surface area contributed by atoms with Crippen LogP contribution in [-0.4, -0.2) is 47.6 Å². The molecule has 0 aromatic heterocycles. The molecule has 0 saturated carbocycles. The maximum atomic E-state index is 12.9. The fraction of sp³-hybridized carbons (Fsp3) is 0.478. The summed E-state index contributed by atoms with van der Waals surface area (Å²) in [5.74, 6) is -0.872. The summed E-state index contributed by atoms with van der Waals surface area (Å²) < 4.78 is 4.71. The Balaban J connectivity index is 1.79. The van der Waals surface area contributed by atoms with Crippen LogP contribution in [0.2, 0.25) is 0 Å². The Morgan fingerprint density at radius 3 is 2.45 bits per heavy atom. The number of methoxy groups -OCH3 is 1. The normalized spacial score (nSPS) is 23.7. The molecule has 1 aromatic rings. The Labute approximate surface area is 186 Å². The number of thioether (sulfide) groups is 1. The zero-order valence-electron chi connectivity index (χ0n) is 18.0. The molecule has 7 nitrogen and oxygen atoms in total. The van der Waals surface area contributed by atoms with Crippen molar-refractivity contribution in [1.82, 2.24) is 10.2 Å². The monoisotopic (exact) mass is 441 g/mol. The van der Waals surface area contributed by atoms with E-state index in [2.05, 4.69) is 25.2 Å². The number of allylic oxidation sites excluding steroid dienone is 1. The van der Waals surface area contributed by atoms with Gasteiger partial charge in [0, 0.05) is 24.4 Å². The van der Waals surface area contributed by atoms with E-state index in [0.717, 1.165) is 24.8 Å². The zero-order valence-corrected chi connectivity index (χ0v) is 18.8. The highest BCUT2D eigenvalue weighted by Gasteiger charge is 2.32. The number of rotatable bonds is 5. The van der Waals surface area contributed by atoms with Crippen molar-refractivity contribution >= 4 is 29.5 Å². The van der Waals surface area contributed by atoms with Gasteiger partial charge in [0.15, 0.2) is 0 Å². The van der Waals surface area contributed by atoms with Gasteiger partial charge >= 0.3 is 5.97 Å². The molecule has 0 spiro atoms. The molecule has 3 atom stereocenters. The number of nitrogens with zero attached hydrogens (tertiary/aromatic N) is 2. The van der Waals surface area contributed by atoms with Crippen molar-refractivity contribution in [2.24, 2.45) is 0 Å². The van der Waals surface area contributed by atoms with E-state index in [1.165, 1.54) is 18.9 Å². The number of ether oxygens (including phenoxy) is 1. The first-order valence-electron chi connectivity index (χ1n) is 10.4. The molecule has 3 rings (SSSR count). The summed E-state index contributed by atoms with van der Waals surface area (Å²) in [6, 6.07) is 9.33. The molecule has 1 saturated heterocycles. The molecule has 0 radical (unpaired) electrons. The summed E-state index contributed by atoms with van der Waals surface area (Å²) in [7, 11) is 1.31. The molecule has 1 fully saturated rings. The van der Waals surface area contributed by atoms with Gasteiger partial charge in [-0.05, 0) is 50.8 Å². The number of esters is 1. The second kappa shape index (κ2) is 10.0. The molecule has 31 heavy (non-hydrogen) atoms. The van der Waals surface area contributed by atoms with Crippen molar-refractivity contribution in [1.29, 1.82) is 5.26 Å². The number of carbonyl (C=O) groups is 3. The number of likely N-dealkylation sites (tertiary alicyclic amines) is 1. The smallest absolute Gasteiger partial charge is 0.337 e. The highest BCUT2D eigenvalue weighted by Crippen LogP contribution is 2.36. The lowest BCUT2D eigenvalue weighted by molar-refractivity contribution is -0.134. The van der Waals surface area contributed by atoms with Gasteiger partial charge in [0.2, 0.25) is 11.8 Å². The summed E-state index contributed by atoms with van der Waals surface area (Å²) in [6.45, 7) is 4.13. The second-order valence-corrected chi connectivity index (χ2v) is 8.98. The van der Waals surface area contributed by atoms with Gasteiger partial charge in [0.25, 0.3) is 0 Å². The predicted molar refractivity (Wildman–Crippen MR) is 118 cm³/mol. The molecular formula is C23H27N3O4S. The minimum atomic E-state index is -0.445. The quantitative estimate of drug-likeness (QED) is 0.704. The standard InChI is InChI=1S/C23H27N3O4S/c1-14-5-4-6-15(2)26(14)21(28)13-31-22-19(12-24)18(11-20(27)25-22)16-7-9-17(10-8-16)23(29)30-3/h7-10,14-15,18H,4-6,11,13H2,1-3H3,(H,25,27)/t14-,15+,18-/m0/s1. The lowest BCUT2D eigenvalue weighted by atomic mass is 9.87. The van der Waals surface area contributed by atoms with E-state index in [0.29, 0.717) is 16.2 Å². The third-order valence-corrected chi connectivity index (χ3v) is 6.91. The van der Waals surface area contributed by atoms with E-state index in [1.54, 1.807) is 24.3 Å². The van der Waals surface area contributed by atoms with Crippen LogP contribution in [-0.2, 0) is 14.3 Å². The molecule has 2 aliphatic rings. The van der Waals surface area contributed by atoms with Crippen molar-refractivity contribution in [2.75, 3.05) is 12.9 Å². The van der Waals surface area contributed by atoms with Crippen molar-refractivity contribution < 1.29 is 19.1 Å². The first kappa shape index (κ1) is 22.9. The predicted octanol–water partition coefficient (Wildman–Crippen LogP) is 3.33. The number of hydrogen-bond acceptors (Lipinski definition) is 6. The van der Waals surface area contributed by atoms with Crippen LogP contribution in [0.25, 0.3) is 0 Å². The first-order chi connectivity index (χ1) is 14.8. The molecule has 0 bridgehead atoms. The third kappa shape index (κ3) is 5.10. The Bertz CT molecular complexity index is 925. The topological polar surface area (TPSA) is 99.5 Å². The van der Waals surface area contributed by atoms with Gasteiger partial charge in [0.1, 0.15) is 0 Å². The van der Waals surface area contributed by atoms with Gasteiger partial charge in [-0.2, -0.15) is 5.26 Å². The van der Waals surface area contributed by atoms with Gasteiger partial charge in [-0.3, -0.25) is 9.59 Å². The van der Waals surface area contributed by atoms with E-state index in [4.69, 9.17) is 4.74 Å². The minimum Gasteiger partial charge on any atom is -0.465 e. The number of nitrogens with one attached hydrogen (secondary N) is 1. The molecule has 2 amide bonds. The zero-order chi connectivity index (χ0) is 22.5. The van der Waals surface area contributed by atoms with Crippen LogP contribution in [0.15, 0.2) is 34.9 Å². The number of nitriles is 1. The highest BCUT2D eigenvalue weighted by atomic mass is 32.2. The lowest BCUT2D eigenvalue weighted by Crippen LogP contribution is -2.48. The first-order valence-corrected chi connectivity index (χ1v) is 11.4. The van der Waals surface area contributed by atoms with Crippen molar-refractivity contribution in [3.8, 4) is 6.07 Å². The second-order valence-electron chi connectivity index (χ2n) is 7.99. The van der Waals surface area contributed by atoms with Crippen LogP contribution in [0.3, 0.4) is 0 Å². The summed E-state index contributed by atoms with van der Waals surface area (Å²) in [5.41, 5.74) is 1.60. The van der Waals surface area contributed by atoms with Crippen LogP contribution in [0, 0.1) is 11.3 Å². The largest absolute Gasteiger partial charge is 0.465 e. The Morgan fingerprint density at radius 2 is 1.87 bits per heavy atom. The van der Waals surface area contributed by atoms with E-state index in [-0.39, 0.29) is 36.1 Å². The molecule has 1 aromatic carbocycles. The fourth-order valence-corrected chi connectivity index (χ4v) is 5.25. The van der Waals surface area contributed by atoms with Crippen molar-refractivity contribution in [3.63, 3.8) is 0 Å². The lowest BCUT2D eigenvalue weighted by Gasteiger charge is -2.39. The molecule has 2 aliphatic heterocycles. The van der Waals surface area contributed by atoms with Crippen LogP contribution >= 0.6 is 11.8 Å². The molecule has 0 aliphatic carbocycles. The van der Waals surface area contributed by atoms with Crippen LogP contribution in [0.5, 0.6) is 0 Å². The molecule has 2 heterocycles. The fourth-order valence-electron chi connectivity index (χ4n) is 4.31. The van der Waals surface area contributed by atoms with E-state index < -0.39 is 11.9 Å². The average molecular weight is 442 g/mol. The van der Waals surface area contributed by atoms with Crippen LogP contribution in [0.4, 0.5) is 0 Å². The summed E-state index contributed by atoms with van der Waals surface area (Å²) in [4.78, 5) is 38.8. The number of amides is 2. The molecule has 0 unspecified atom stereocenters. The van der Waals surface area contributed by atoms with Gasteiger partial charge < -0.3 is 15.0 Å². The van der Waals surface area contributed by atoms with Crippen LogP contribution < -0.4 is 5.32 Å². The van der Waals surface area contributed by atoms with Crippen molar-refractivity contribution in [3.05, 3.63) is 46.0 Å². The minimum absolute atomic E-state index is 0.0216. The third-order valence-electron chi connectivity index (χ3n) is 5.91. The number of benzene rings is 1. The number of hydrogen-bond donors (Lipinski definition) is 1. The van der Waals surface area contributed by atoms with Crippen molar-refractivity contribution in [2.45, 2.75) is 57.5 Å². The maximum absolute atomic E-state index is 12.9. The summed E-state index contributed by atoms with van der Waals surface area (Å²) in [6.07, 6.45) is 3.24. The van der Waals surface area contributed by atoms with Crippen LogP contribution in [0.1, 0.15) is 61.4 Å². The molecule has 8 heteroatoms. The number of carbonyl (C=O) groups excluding carboxylic acids is 3. The summed E-state index contributed by atoms with van der Waals surface area (Å²) in [5, 5.41) is 13.0. The van der Waals surface area contributed by atoms with E-state index in [9.17, 15) is 19.6 Å². The van der Waals surface area contributed by atoms with Gasteiger partial charge in [-0.25, -0.2) is 4.79 Å². The molecular weight excluding hydrogens is 414 g/mol. The highest BCUT2D eigenvalue weighted by molar-refractivity contribution is 8.03. The SMILES string of the molecule is COC(=O)c1ccc([C@@H]2CC(=O)NC(SCC(=O)N3[C@H](C)CCC[C@@H]3C)=C2C#N)cc1. The maximum Gasteiger partial charge on any atom is 0.337 e. The Kier molecular flexibility index (Phi) is 7.39. The van der Waals surface area contributed by atoms with Gasteiger partial charge in [-0.1, -0.05) is 23.9 Å². The Hall–Kier alpha value is -2.79. The Morgan fingerprint density at radius 1 is 1.23 bits per heavy atom. The molecule has 1 N–H and O–H groups in total. The van der Waals surface area contributed by atoms with Gasteiger partial charge in [0.05, 0.1) is 35.1 Å². The molecule has 164 valence electrons.